The maximum atomic E-state index is 12.6. The third-order valence-corrected chi connectivity index (χ3v) is 3.57. The molecule has 1 aromatic rings. The summed E-state index contributed by atoms with van der Waals surface area (Å²) in [7, 11) is 0. The van der Waals surface area contributed by atoms with Crippen LogP contribution in [0.5, 0.6) is 0 Å². The predicted octanol–water partition coefficient (Wildman–Crippen LogP) is 2.40. The Balaban J connectivity index is 2.04. The van der Waals surface area contributed by atoms with Crippen LogP contribution in [0.3, 0.4) is 0 Å². The molecule has 2 N–H and O–H groups in total. The summed E-state index contributed by atoms with van der Waals surface area (Å²) in [6, 6.07) is 5.30. The molecule has 0 aliphatic carbocycles. The first-order valence-electron chi connectivity index (χ1n) is 6.54. The normalized spacial score (nSPS) is 20.9. The van der Waals surface area contributed by atoms with Crippen molar-refractivity contribution in [2.24, 2.45) is 11.7 Å². The molecule has 1 saturated heterocycles. The molecule has 1 amide bonds. The van der Waals surface area contributed by atoms with Crippen LogP contribution in [0, 0.1) is 5.92 Å². The molecule has 3 nitrogen and oxygen atoms in total. The fourth-order valence-corrected chi connectivity index (χ4v) is 2.54. The Morgan fingerprint density at radius 3 is 2.80 bits per heavy atom. The molecule has 20 heavy (non-hydrogen) atoms. The minimum absolute atomic E-state index is 0.199. The summed E-state index contributed by atoms with van der Waals surface area (Å²) < 4.78 is 37.9. The number of hydrogen-bond acceptors (Lipinski definition) is 2. The van der Waals surface area contributed by atoms with E-state index in [0.717, 1.165) is 31.5 Å². The molecule has 0 spiro atoms. The number of halogens is 3. The van der Waals surface area contributed by atoms with Crippen molar-refractivity contribution in [3.05, 3.63) is 35.4 Å². The van der Waals surface area contributed by atoms with E-state index in [1.165, 1.54) is 6.07 Å². The van der Waals surface area contributed by atoms with Crippen LogP contribution in [0.2, 0.25) is 0 Å². The third kappa shape index (κ3) is 3.72. The topological polar surface area (TPSA) is 46.3 Å². The van der Waals surface area contributed by atoms with Gasteiger partial charge in [-0.05, 0) is 31.0 Å². The number of carbonyl (C=O) groups is 1. The van der Waals surface area contributed by atoms with Gasteiger partial charge in [0, 0.05) is 13.1 Å². The molecule has 2 rings (SSSR count). The molecular formula is C14H17F3N2O. The number of amides is 1. The molecule has 1 aliphatic heterocycles. The van der Waals surface area contributed by atoms with Crippen molar-refractivity contribution in [2.45, 2.75) is 25.6 Å². The summed E-state index contributed by atoms with van der Waals surface area (Å²) in [4.78, 5) is 13.2. The van der Waals surface area contributed by atoms with Crippen LogP contribution in [-0.2, 0) is 17.5 Å². The number of rotatable bonds is 3. The Morgan fingerprint density at radius 2 is 2.15 bits per heavy atom. The van der Waals surface area contributed by atoms with Gasteiger partial charge >= 0.3 is 6.18 Å². The van der Waals surface area contributed by atoms with E-state index in [2.05, 4.69) is 0 Å². The lowest BCUT2D eigenvalue weighted by atomic mass is 9.97. The van der Waals surface area contributed by atoms with Gasteiger partial charge < -0.3 is 5.73 Å². The van der Waals surface area contributed by atoms with Crippen LogP contribution in [-0.4, -0.2) is 23.9 Å². The average molecular weight is 286 g/mol. The summed E-state index contributed by atoms with van der Waals surface area (Å²) in [6.07, 6.45) is -2.73. The predicted molar refractivity (Wildman–Crippen MR) is 68.6 cm³/mol. The number of benzene rings is 1. The van der Waals surface area contributed by atoms with E-state index < -0.39 is 11.7 Å². The van der Waals surface area contributed by atoms with Crippen molar-refractivity contribution in [3.63, 3.8) is 0 Å². The Labute approximate surface area is 115 Å². The van der Waals surface area contributed by atoms with Gasteiger partial charge in [0.1, 0.15) is 0 Å². The minimum Gasteiger partial charge on any atom is -0.369 e. The lowest BCUT2D eigenvalue weighted by Crippen LogP contribution is -2.40. The van der Waals surface area contributed by atoms with Gasteiger partial charge in [-0.1, -0.05) is 18.2 Å². The van der Waals surface area contributed by atoms with Crippen LogP contribution in [0.4, 0.5) is 13.2 Å². The van der Waals surface area contributed by atoms with E-state index >= 15 is 0 Å². The molecule has 1 aliphatic rings. The number of carbonyl (C=O) groups excluding carboxylic acids is 1. The second-order valence-corrected chi connectivity index (χ2v) is 5.17. The fraction of sp³-hybridized carbons (Fsp3) is 0.500. The molecule has 1 atom stereocenters. The highest BCUT2D eigenvalue weighted by molar-refractivity contribution is 5.76. The number of alkyl halides is 3. The minimum atomic E-state index is -4.33. The van der Waals surface area contributed by atoms with Crippen LogP contribution >= 0.6 is 0 Å². The third-order valence-electron chi connectivity index (χ3n) is 3.57. The van der Waals surface area contributed by atoms with Crippen molar-refractivity contribution >= 4 is 5.91 Å². The largest absolute Gasteiger partial charge is 0.416 e. The number of nitrogens with zero attached hydrogens (tertiary/aromatic N) is 1. The van der Waals surface area contributed by atoms with E-state index in [9.17, 15) is 18.0 Å². The van der Waals surface area contributed by atoms with Gasteiger partial charge in [0.2, 0.25) is 5.91 Å². The molecule has 6 heteroatoms. The molecule has 0 saturated carbocycles. The van der Waals surface area contributed by atoms with Crippen LogP contribution < -0.4 is 5.73 Å². The van der Waals surface area contributed by atoms with Crippen LogP contribution in [0.25, 0.3) is 0 Å². The number of likely N-dealkylation sites (tertiary alicyclic amines) is 1. The Kier molecular flexibility index (Phi) is 4.32. The average Bonchev–Trinajstić information content (AvgIpc) is 2.38. The number of piperidine rings is 1. The molecule has 1 heterocycles. The van der Waals surface area contributed by atoms with Crippen molar-refractivity contribution in [2.75, 3.05) is 13.1 Å². The van der Waals surface area contributed by atoms with Crippen molar-refractivity contribution in [1.82, 2.24) is 4.90 Å². The van der Waals surface area contributed by atoms with Gasteiger partial charge in [-0.25, -0.2) is 0 Å². The second-order valence-electron chi connectivity index (χ2n) is 5.17. The van der Waals surface area contributed by atoms with Crippen molar-refractivity contribution < 1.29 is 18.0 Å². The zero-order valence-electron chi connectivity index (χ0n) is 11.0. The summed E-state index contributed by atoms with van der Waals surface area (Å²) in [5.74, 6) is -0.534. The molecule has 1 aromatic carbocycles. The molecule has 0 aromatic heterocycles. The molecular weight excluding hydrogens is 269 g/mol. The smallest absolute Gasteiger partial charge is 0.369 e. The Morgan fingerprint density at radius 1 is 1.40 bits per heavy atom. The molecule has 0 radical (unpaired) electrons. The fourth-order valence-electron chi connectivity index (χ4n) is 2.54. The van der Waals surface area contributed by atoms with Crippen LogP contribution in [0.1, 0.15) is 24.0 Å². The van der Waals surface area contributed by atoms with Gasteiger partial charge in [-0.3, -0.25) is 9.69 Å². The summed E-state index contributed by atoms with van der Waals surface area (Å²) >= 11 is 0. The highest BCUT2D eigenvalue weighted by Crippen LogP contribution is 2.30. The molecule has 110 valence electrons. The lowest BCUT2D eigenvalue weighted by Gasteiger charge is -2.31. The Hall–Kier alpha value is -1.56. The molecule has 1 fully saturated rings. The highest BCUT2D eigenvalue weighted by atomic mass is 19.4. The van der Waals surface area contributed by atoms with E-state index in [4.69, 9.17) is 5.73 Å². The lowest BCUT2D eigenvalue weighted by molar-refractivity contribution is -0.137. The first-order valence-corrected chi connectivity index (χ1v) is 6.54. The monoisotopic (exact) mass is 286 g/mol. The summed E-state index contributed by atoms with van der Waals surface area (Å²) in [5.41, 5.74) is 5.25. The number of primary amides is 1. The number of nitrogens with two attached hydrogens (primary N) is 1. The highest BCUT2D eigenvalue weighted by Gasteiger charge is 2.30. The number of hydrogen-bond donors (Lipinski definition) is 1. The van der Waals surface area contributed by atoms with E-state index in [0.29, 0.717) is 18.7 Å². The standard InChI is InChI=1S/C14H17F3N2O/c15-14(16,17)12-5-1-3-10(7-12)8-19-6-2-4-11(9-19)13(18)20/h1,3,5,7,11H,2,4,6,8-9H2,(H2,18,20)/t11-/m0/s1. The van der Waals surface area contributed by atoms with E-state index in [-0.39, 0.29) is 11.8 Å². The van der Waals surface area contributed by atoms with Gasteiger partial charge in [-0.15, -0.1) is 0 Å². The quantitative estimate of drug-likeness (QED) is 0.927. The SMILES string of the molecule is NC(=O)[C@H]1CCCN(Cc2cccc(C(F)(F)F)c2)C1. The molecule has 0 bridgehead atoms. The van der Waals surface area contributed by atoms with Gasteiger partial charge in [0.25, 0.3) is 0 Å². The van der Waals surface area contributed by atoms with Gasteiger partial charge in [-0.2, -0.15) is 13.2 Å². The van der Waals surface area contributed by atoms with Crippen molar-refractivity contribution in [1.29, 1.82) is 0 Å². The van der Waals surface area contributed by atoms with Gasteiger partial charge in [0.15, 0.2) is 0 Å². The maximum Gasteiger partial charge on any atom is 0.416 e. The van der Waals surface area contributed by atoms with Gasteiger partial charge in [0.05, 0.1) is 11.5 Å². The second kappa shape index (κ2) is 5.83. The van der Waals surface area contributed by atoms with Crippen molar-refractivity contribution in [3.8, 4) is 0 Å². The van der Waals surface area contributed by atoms with E-state index in [1.54, 1.807) is 6.07 Å². The summed E-state index contributed by atoms with van der Waals surface area (Å²) in [5, 5.41) is 0. The zero-order chi connectivity index (χ0) is 14.8. The maximum absolute atomic E-state index is 12.6. The summed E-state index contributed by atoms with van der Waals surface area (Å²) in [6.45, 7) is 1.71. The first kappa shape index (κ1) is 14.8. The first-order chi connectivity index (χ1) is 9.36. The van der Waals surface area contributed by atoms with Crippen LogP contribution in [0.15, 0.2) is 24.3 Å². The van der Waals surface area contributed by atoms with E-state index in [1.807, 2.05) is 4.90 Å². The molecule has 0 unspecified atom stereocenters. The Bertz CT molecular complexity index is 488. The zero-order valence-corrected chi connectivity index (χ0v) is 11.0.